The highest BCUT2D eigenvalue weighted by Gasteiger charge is 2.17. The summed E-state index contributed by atoms with van der Waals surface area (Å²) < 4.78 is 13.4. The van der Waals surface area contributed by atoms with E-state index in [4.69, 9.17) is 0 Å². The van der Waals surface area contributed by atoms with Gasteiger partial charge in [0.15, 0.2) is 0 Å². The van der Waals surface area contributed by atoms with Gasteiger partial charge in [-0.15, -0.1) is 0 Å². The second kappa shape index (κ2) is 5.44. The molecule has 16 heavy (non-hydrogen) atoms. The number of halogens is 1. The van der Waals surface area contributed by atoms with Crippen LogP contribution in [0.5, 0.6) is 0 Å². The maximum atomic E-state index is 13.4. The Hall–Kier alpha value is -0.890. The fraction of sp³-hybridized carbons (Fsp3) is 0.571. The highest BCUT2D eigenvalue weighted by molar-refractivity contribution is 5.17. The summed E-state index contributed by atoms with van der Waals surface area (Å²) in [5, 5.41) is 0. The van der Waals surface area contributed by atoms with Crippen LogP contribution in [0.25, 0.3) is 0 Å². The third-order valence-electron chi connectivity index (χ3n) is 3.50. The molecule has 1 heterocycles. The number of likely N-dealkylation sites (tertiary alicyclic amines) is 1. The van der Waals surface area contributed by atoms with Crippen LogP contribution in [0.3, 0.4) is 0 Å². The van der Waals surface area contributed by atoms with E-state index in [2.05, 4.69) is 11.9 Å². The second-order valence-corrected chi connectivity index (χ2v) is 4.90. The summed E-state index contributed by atoms with van der Waals surface area (Å²) in [4.78, 5) is 2.38. The third-order valence-corrected chi connectivity index (χ3v) is 3.50. The molecule has 1 aromatic rings. The number of nitrogens with zero attached hydrogens (tertiary/aromatic N) is 1. The first-order valence-corrected chi connectivity index (χ1v) is 6.17. The highest BCUT2D eigenvalue weighted by atomic mass is 19.1. The first-order valence-electron chi connectivity index (χ1n) is 6.17. The molecule has 0 aromatic heterocycles. The van der Waals surface area contributed by atoms with E-state index in [0.29, 0.717) is 0 Å². The maximum Gasteiger partial charge on any atom is 0.126 e. The van der Waals surface area contributed by atoms with E-state index in [0.717, 1.165) is 24.3 Å². The number of piperidine rings is 1. The Balaban J connectivity index is 1.85. The molecule has 1 saturated heterocycles. The van der Waals surface area contributed by atoms with Crippen LogP contribution in [0.15, 0.2) is 24.3 Å². The minimum absolute atomic E-state index is 0.0494. The number of hydrogen-bond acceptors (Lipinski definition) is 1. The Morgan fingerprint density at radius 3 is 2.94 bits per heavy atom. The number of rotatable bonds is 3. The van der Waals surface area contributed by atoms with Crippen molar-refractivity contribution in [3.63, 3.8) is 0 Å². The van der Waals surface area contributed by atoms with Crippen LogP contribution in [0.4, 0.5) is 4.39 Å². The molecule has 1 aliphatic heterocycles. The average Bonchev–Trinajstić information content (AvgIpc) is 2.28. The zero-order valence-electron chi connectivity index (χ0n) is 9.95. The van der Waals surface area contributed by atoms with E-state index in [-0.39, 0.29) is 5.82 Å². The molecular formula is C14H20FN. The number of hydrogen-bond donors (Lipinski definition) is 0. The first-order chi connectivity index (χ1) is 7.75. The molecule has 0 spiro atoms. The molecule has 0 aliphatic carbocycles. The van der Waals surface area contributed by atoms with Crippen molar-refractivity contribution in [1.29, 1.82) is 0 Å². The Kier molecular flexibility index (Phi) is 3.94. The highest BCUT2D eigenvalue weighted by Crippen LogP contribution is 2.21. The molecule has 1 fully saturated rings. The van der Waals surface area contributed by atoms with E-state index < -0.39 is 0 Å². The molecule has 0 bridgehead atoms. The van der Waals surface area contributed by atoms with Crippen LogP contribution < -0.4 is 0 Å². The Morgan fingerprint density at radius 2 is 2.19 bits per heavy atom. The third kappa shape index (κ3) is 3.05. The summed E-state index contributed by atoms with van der Waals surface area (Å²) in [6, 6.07) is 7.14. The van der Waals surface area contributed by atoms with Gasteiger partial charge in [0.2, 0.25) is 0 Å². The SMILES string of the molecule is CN1CCCC(CCc2ccccc2F)C1. The van der Waals surface area contributed by atoms with Crippen LogP contribution in [0, 0.1) is 11.7 Å². The lowest BCUT2D eigenvalue weighted by molar-refractivity contribution is 0.202. The molecule has 0 amide bonds. The molecule has 2 rings (SSSR count). The second-order valence-electron chi connectivity index (χ2n) is 4.90. The lowest BCUT2D eigenvalue weighted by Crippen LogP contribution is -2.32. The summed E-state index contributed by atoms with van der Waals surface area (Å²) in [6.07, 6.45) is 4.59. The van der Waals surface area contributed by atoms with Crippen molar-refractivity contribution in [3.8, 4) is 0 Å². The van der Waals surface area contributed by atoms with E-state index in [1.807, 2.05) is 12.1 Å². The Morgan fingerprint density at radius 1 is 1.38 bits per heavy atom. The summed E-state index contributed by atoms with van der Waals surface area (Å²) >= 11 is 0. The molecule has 1 atom stereocenters. The normalized spacial score (nSPS) is 22.2. The zero-order valence-corrected chi connectivity index (χ0v) is 9.95. The van der Waals surface area contributed by atoms with Crippen LogP contribution >= 0.6 is 0 Å². The van der Waals surface area contributed by atoms with E-state index >= 15 is 0 Å². The summed E-state index contributed by atoms with van der Waals surface area (Å²) in [6.45, 7) is 2.39. The summed E-state index contributed by atoms with van der Waals surface area (Å²) in [5.74, 6) is 0.699. The van der Waals surface area contributed by atoms with Gasteiger partial charge in [-0.2, -0.15) is 0 Å². The Bertz CT molecular complexity index is 337. The van der Waals surface area contributed by atoms with E-state index in [1.165, 1.54) is 25.9 Å². The van der Waals surface area contributed by atoms with Gasteiger partial charge in [-0.25, -0.2) is 4.39 Å². The quantitative estimate of drug-likeness (QED) is 0.758. The largest absolute Gasteiger partial charge is 0.306 e. The first kappa shape index (κ1) is 11.6. The molecule has 1 aromatic carbocycles. The van der Waals surface area contributed by atoms with Gasteiger partial charge in [-0.05, 0) is 56.8 Å². The number of aryl methyl sites for hydroxylation is 1. The van der Waals surface area contributed by atoms with Crippen molar-refractivity contribution in [2.24, 2.45) is 5.92 Å². The topological polar surface area (TPSA) is 3.24 Å². The van der Waals surface area contributed by atoms with Crippen molar-refractivity contribution >= 4 is 0 Å². The van der Waals surface area contributed by atoms with Gasteiger partial charge in [0.1, 0.15) is 5.82 Å². The molecule has 1 aliphatic rings. The molecule has 0 radical (unpaired) electrons. The fourth-order valence-electron chi connectivity index (χ4n) is 2.57. The van der Waals surface area contributed by atoms with Crippen LogP contribution in [0.2, 0.25) is 0 Å². The van der Waals surface area contributed by atoms with Crippen molar-refractivity contribution in [1.82, 2.24) is 4.90 Å². The smallest absolute Gasteiger partial charge is 0.126 e. The van der Waals surface area contributed by atoms with Gasteiger partial charge in [-0.3, -0.25) is 0 Å². The summed E-state index contributed by atoms with van der Waals surface area (Å²) in [5.41, 5.74) is 0.871. The number of benzene rings is 1. The van der Waals surface area contributed by atoms with E-state index in [9.17, 15) is 4.39 Å². The predicted octanol–water partition coefficient (Wildman–Crippen LogP) is 3.10. The molecule has 0 N–H and O–H groups in total. The minimum atomic E-state index is -0.0494. The molecule has 2 heteroatoms. The molecule has 0 saturated carbocycles. The zero-order chi connectivity index (χ0) is 11.4. The van der Waals surface area contributed by atoms with Gasteiger partial charge < -0.3 is 4.90 Å². The fourth-order valence-corrected chi connectivity index (χ4v) is 2.57. The molecular weight excluding hydrogens is 201 g/mol. The molecule has 88 valence electrons. The Labute approximate surface area is 97.3 Å². The van der Waals surface area contributed by atoms with Crippen LogP contribution in [-0.2, 0) is 6.42 Å². The molecule has 1 unspecified atom stereocenters. The van der Waals surface area contributed by atoms with Crippen molar-refractivity contribution in [2.45, 2.75) is 25.7 Å². The van der Waals surface area contributed by atoms with Crippen LogP contribution in [0.1, 0.15) is 24.8 Å². The predicted molar refractivity (Wildman–Crippen MR) is 64.9 cm³/mol. The van der Waals surface area contributed by atoms with Gasteiger partial charge in [0.05, 0.1) is 0 Å². The van der Waals surface area contributed by atoms with Gasteiger partial charge in [0, 0.05) is 6.54 Å². The lowest BCUT2D eigenvalue weighted by Gasteiger charge is -2.29. The van der Waals surface area contributed by atoms with Crippen molar-refractivity contribution in [3.05, 3.63) is 35.6 Å². The minimum Gasteiger partial charge on any atom is -0.306 e. The lowest BCUT2D eigenvalue weighted by atomic mass is 9.92. The van der Waals surface area contributed by atoms with Crippen LogP contribution in [-0.4, -0.2) is 25.0 Å². The van der Waals surface area contributed by atoms with Gasteiger partial charge in [-0.1, -0.05) is 18.2 Å². The monoisotopic (exact) mass is 221 g/mol. The average molecular weight is 221 g/mol. The van der Waals surface area contributed by atoms with E-state index in [1.54, 1.807) is 12.1 Å². The summed E-state index contributed by atoms with van der Waals surface area (Å²) in [7, 11) is 2.18. The van der Waals surface area contributed by atoms with Gasteiger partial charge in [0.25, 0.3) is 0 Å². The standard InChI is InChI=1S/C14H20FN/c1-16-10-4-5-12(11-16)8-9-13-6-2-3-7-14(13)15/h2-3,6-7,12H,4-5,8-11H2,1H3. The molecule has 1 nitrogen and oxygen atoms in total. The van der Waals surface area contributed by atoms with Crippen molar-refractivity contribution in [2.75, 3.05) is 20.1 Å². The maximum absolute atomic E-state index is 13.4. The van der Waals surface area contributed by atoms with Gasteiger partial charge >= 0.3 is 0 Å². The van der Waals surface area contributed by atoms with Crippen molar-refractivity contribution < 1.29 is 4.39 Å².